The van der Waals surface area contributed by atoms with Gasteiger partial charge in [-0.25, -0.2) is 0 Å². The first kappa shape index (κ1) is 26.8. The molecule has 18 heavy (non-hydrogen) atoms. The molecule has 1 saturated carbocycles. The number of carbonyl (C=O) groups excluding carboxylic acids is 2. The zero-order valence-corrected chi connectivity index (χ0v) is 12.9. The summed E-state index contributed by atoms with van der Waals surface area (Å²) in [6.07, 6.45) is 4.80. The second kappa shape index (κ2) is 17.3. The third-order valence-corrected chi connectivity index (χ3v) is 2.08. The summed E-state index contributed by atoms with van der Waals surface area (Å²) >= 11 is 4.23. The molecule has 5 nitrogen and oxygen atoms in total. The van der Waals surface area contributed by atoms with Gasteiger partial charge in [0.1, 0.15) is 0 Å². The predicted octanol–water partition coefficient (Wildman–Crippen LogP) is 1.07. The third kappa shape index (κ3) is 16.3. The first-order chi connectivity index (χ1) is 7.45. The SMILES string of the molecule is C.C.O=C([O-])C(=O)[O-].[CH2-][C@@H]1CCCC[C@H]1[NH-].[I][Pt]. The molecule has 0 unspecified atom stereocenters. The molecule has 0 heterocycles. The topological polar surface area (TPSA) is 104 Å². The molecule has 0 radical (unpaired) electrons. The Hall–Kier alpha value is 0.318. The van der Waals surface area contributed by atoms with Crippen LogP contribution in [0.25, 0.3) is 5.73 Å². The molecule has 2 atom stereocenters. The number of carboxylic acid groups (broad SMARTS) is 2. The number of hydrogen-bond acceptors (Lipinski definition) is 4. The normalized spacial score (nSPS) is 20.5. The second-order valence-electron chi connectivity index (χ2n) is 3.23. The second-order valence-corrected chi connectivity index (χ2v) is 3.23. The van der Waals surface area contributed by atoms with Crippen LogP contribution in [0, 0.1) is 12.8 Å². The van der Waals surface area contributed by atoms with Gasteiger partial charge in [0.15, 0.2) is 0 Å². The fourth-order valence-electron chi connectivity index (χ4n) is 1.21. The van der Waals surface area contributed by atoms with Crippen molar-refractivity contribution in [2.75, 3.05) is 0 Å². The van der Waals surface area contributed by atoms with Gasteiger partial charge in [-0.3, -0.25) is 0 Å². The summed E-state index contributed by atoms with van der Waals surface area (Å²) < 4.78 is 0. The van der Waals surface area contributed by atoms with E-state index in [1.807, 2.05) is 0 Å². The Balaban J connectivity index is -0.0000000895. The Morgan fingerprint density at radius 1 is 1.11 bits per heavy atom. The van der Waals surface area contributed by atoms with Crippen LogP contribution in [0.15, 0.2) is 0 Å². The van der Waals surface area contributed by atoms with Crippen LogP contribution < -0.4 is 10.2 Å². The predicted molar refractivity (Wildman–Crippen MR) is 72.9 cm³/mol. The molecule has 0 aromatic heterocycles. The van der Waals surface area contributed by atoms with Crippen molar-refractivity contribution in [2.45, 2.75) is 46.6 Å². The van der Waals surface area contributed by atoms with Crippen LogP contribution in [0.4, 0.5) is 0 Å². The molecule has 1 fully saturated rings. The Kier molecular flexibility index (Phi) is 25.8. The van der Waals surface area contributed by atoms with Crippen LogP contribution in [0.2, 0.25) is 0 Å². The van der Waals surface area contributed by atoms with E-state index in [0.717, 1.165) is 6.42 Å². The van der Waals surface area contributed by atoms with E-state index in [1.165, 1.54) is 19.3 Å². The Bertz CT molecular complexity index is 195. The summed E-state index contributed by atoms with van der Waals surface area (Å²) in [5, 5.41) is 17.9. The molecule has 1 rings (SSSR count). The van der Waals surface area contributed by atoms with Crippen molar-refractivity contribution < 1.29 is 35.9 Å². The van der Waals surface area contributed by atoms with Gasteiger partial charge in [0, 0.05) is 0 Å². The standard InChI is InChI=1S/C7H13N.C2H2O4.2CH4.HI.Pt/c1-6-4-2-3-5-7(6)8;3-1(4)2(5)6;;;;/h6-8H,1-5H2;(H,3,4)(H,5,6);2*1H4;1H;/q-2;;;;;+1/p-3/t6-,7-;;;;;/m1...../s1. The molecule has 0 aromatic rings. The molecule has 115 valence electrons. The molecule has 0 bridgehead atoms. The Morgan fingerprint density at radius 3 is 1.61 bits per heavy atom. The Labute approximate surface area is 132 Å². The van der Waals surface area contributed by atoms with Crippen molar-refractivity contribution in [3.63, 3.8) is 0 Å². The molecule has 1 N–H and O–H groups in total. The number of aliphatic carboxylic acids is 2. The quantitative estimate of drug-likeness (QED) is 0.255. The van der Waals surface area contributed by atoms with Gasteiger partial charge in [-0.2, -0.15) is 12.0 Å². The van der Waals surface area contributed by atoms with E-state index in [2.05, 4.69) is 42.4 Å². The van der Waals surface area contributed by atoms with Crippen LogP contribution in [-0.2, 0) is 25.7 Å². The molecule has 0 aliphatic heterocycles. The maximum absolute atomic E-state index is 8.93. The molecule has 1 aliphatic rings. The fraction of sp³-hybridized carbons (Fsp3) is 0.727. The van der Waals surface area contributed by atoms with Crippen molar-refractivity contribution in [1.82, 2.24) is 0 Å². The van der Waals surface area contributed by atoms with E-state index >= 15 is 0 Å². The van der Waals surface area contributed by atoms with Crippen molar-refractivity contribution in [2.24, 2.45) is 5.92 Å². The molecule has 0 saturated heterocycles. The van der Waals surface area contributed by atoms with Crippen LogP contribution >= 0.6 is 19.4 Å². The molecule has 1 aliphatic carbocycles. The zero-order valence-electron chi connectivity index (χ0n) is 8.52. The summed E-state index contributed by atoms with van der Waals surface area (Å²) in [5.41, 5.74) is 7.42. The van der Waals surface area contributed by atoms with Gasteiger partial charge in [0.05, 0.1) is 11.9 Å². The molecular weight excluding hydrogens is 532 g/mol. The van der Waals surface area contributed by atoms with Crippen molar-refractivity contribution >= 4 is 31.3 Å². The summed E-state index contributed by atoms with van der Waals surface area (Å²) in [5.74, 6) is -3.95. The van der Waals surface area contributed by atoms with Crippen LogP contribution in [0.1, 0.15) is 40.5 Å². The van der Waals surface area contributed by atoms with Gasteiger partial charge in [-0.15, -0.1) is 0 Å². The number of halogens is 1. The minimum atomic E-state index is -2.19. The average Bonchev–Trinajstić information content (AvgIpc) is 2.26. The number of rotatable bonds is 0. The van der Waals surface area contributed by atoms with Gasteiger partial charge >= 0.3 is 35.5 Å². The monoisotopic (exact) mass is 553 g/mol. The molecular formula is C11H21INO4Pt-4. The van der Waals surface area contributed by atoms with E-state index in [4.69, 9.17) is 25.5 Å². The van der Waals surface area contributed by atoms with Crippen LogP contribution in [0.5, 0.6) is 0 Å². The van der Waals surface area contributed by atoms with Gasteiger partial charge in [-0.05, 0) is 0 Å². The van der Waals surface area contributed by atoms with E-state index in [1.54, 1.807) is 0 Å². The number of carbonyl (C=O) groups is 2. The summed E-state index contributed by atoms with van der Waals surface area (Å²) in [4.78, 5) is 17.9. The van der Waals surface area contributed by atoms with Gasteiger partial charge in [-0.1, -0.05) is 40.5 Å². The summed E-state index contributed by atoms with van der Waals surface area (Å²) in [7, 11) is 0. The number of nitrogens with one attached hydrogen (secondary N) is 1. The van der Waals surface area contributed by atoms with Gasteiger partial charge in [0.2, 0.25) is 0 Å². The summed E-state index contributed by atoms with van der Waals surface area (Å²) in [6, 6.07) is 0.142. The maximum atomic E-state index is 8.93. The first-order valence-corrected chi connectivity index (χ1v) is 11.0. The van der Waals surface area contributed by atoms with Crippen molar-refractivity contribution in [3.05, 3.63) is 12.7 Å². The average molecular weight is 553 g/mol. The van der Waals surface area contributed by atoms with Crippen molar-refractivity contribution in [3.8, 4) is 0 Å². The molecule has 0 spiro atoms. The Morgan fingerprint density at radius 2 is 1.44 bits per heavy atom. The fourth-order valence-corrected chi connectivity index (χ4v) is 1.21. The number of carboxylic acids is 2. The molecule has 0 aromatic carbocycles. The first-order valence-electron chi connectivity index (χ1n) is 4.53. The van der Waals surface area contributed by atoms with Crippen LogP contribution in [0.3, 0.4) is 0 Å². The van der Waals surface area contributed by atoms with E-state index in [9.17, 15) is 0 Å². The zero-order chi connectivity index (χ0) is 13.1. The van der Waals surface area contributed by atoms with Gasteiger partial charge < -0.3 is 32.5 Å². The third-order valence-electron chi connectivity index (χ3n) is 2.08. The van der Waals surface area contributed by atoms with E-state index < -0.39 is 11.9 Å². The summed E-state index contributed by atoms with van der Waals surface area (Å²) in [6.45, 7) is 3.89. The van der Waals surface area contributed by atoms with E-state index in [0.29, 0.717) is 5.92 Å². The molecule has 0 amide bonds. The number of hydrogen-bond donors (Lipinski definition) is 0. The van der Waals surface area contributed by atoms with E-state index in [-0.39, 0.29) is 20.9 Å². The van der Waals surface area contributed by atoms with Gasteiger partial charge in [0.25, 0.3) is 0 Å². The van der Waals surface area contributed by atoms with Crippen molar-refractivity contribution in [1.29, 1.82) is 0 Å². The van der Waals surface area contributed by atoms with Crippen LogP contribution in [-0.4, -0.2) is 18.0 Å². The molecule has 7 heteroatoms. The minimum absolute atomic E-state index is 0.